The van der Waals surface area contributed by atoms with E-state index in [2.05, 4.69) is 0 Å². The summed E-state index contributed by atoms with van der Waals surface area (Å²) in [5.41, 5.74) is -3.34. The van der Waals surface area contributed by atoms with Gasteiger partial charge in [0.2, 0.25) is 0 Å². The molecule has 0 amide bonds. The van der Waals surface area contributed by atoms with E-state index in [1.165, 1.54) is 0 Å². The first-order chi connectivity index (χ1) is 24.7. The van der Waals surface area contributed by atoms with Gasteiger partial charge in [0, 0.05) is 21.9 Å². The average Bonchev–Trinajstić information content (AvgIpc) is 3.53. The second kappa shape index (κ2) is 7.08. The van der Waals surface area contributed by atoms with E-state index in [1.807, 2.05) is 0 Å². The highest BCUT2D eigenvalue weighted by atomic mass is 16.3. The monoisotopic (exact) mass is 440 g/mol. The lowest BCUT2D eigenvalue weighted by molar-refractivity contribution is 0.670. The zero-order chi connectivity index (χ0) is 39.2. The molecule has 0 saturated heterocycles. The normalized spacial score (nSPS) is 20.1. The average molecular weight is 441 g/mol. The van der Waals surface area contributed by atoms with E-state index in [9.17, 15) is 0 Å². The number of furan rings is 1. The van der Waals surface area contributed by atoms with Crippen LogP contribution in [0.2, 0.25) is 0 Å². The van der Waals surface area contributed by atoms with Crippen LogP contribution in [-0.2, 0) is 0 Å². The summed E-state index contributed by atoms with van der Waals surface area (Å²) in [4.78, 5) is 0. The molecule has 0 radical (unpaired) electrons. The van der Waals surface area contributed by atoms with Crippen molar-refractivity contribution >= 4 is 43.5 Å². The van der Waals surface area contributed by atoms with Crippen molar-refractivity contribution in [3.05, 3.63) is 121 Å². The van der Waals surface area contributed by atoms with Gasteiger partial charge in [-0.3, -0.25) is 0 Å². The van der Waals surface area contributed by atoms with Crippen molar-refractivity contribution in [2.75, 3.05) is 0 Å². The molecule has 0 bridgehead atoms. The maximum atomic E-state index is 9.14. The molecule has 0 spiro atoms. The molecule has 33 heavy (non-hydrogen) atoms. The Bertz CT molecular complexity index is 2780. The van der Waals surface area contributed by atoms with Gasteiger partial charge in [0.15, 0.2) is 0 Å². The van der Waals surface area contributed by atoms with Gasteiger partial charge in [0.25, 0.3) is 0 Å². The Labute approximate surface area is 219 Å². The summed E-state index contributed by atoms with van der Waals surface area (Å²) in [5, 5.41) is -3.02. The standard InChI is InChI=1S/C32H20O/c1-2-11-21(12-3-1)30-23-14-4-6-16-25(23)31(26-17-7-5-15-24(26)30)28-19-10-18-27-22-13-8-9-20-29(22)33-32(27)28/h1-20H/i1D,2D,3D,4D,5D,6D,7D,8D,9D,10D,11D,12D,13D,14D,15D,16D,17D,18D,19D,20D. The predicted molar refractivity (Wildman–Crippen MR) is 140 cm³/mol. The molecular formula is C32H20O. The molecule has 0 fully saturated rings. The Balaban J connectivity index is 1.94. The van der Waals surface area contributed by atoms with Crippen molar-refractivity contribution in [2.45, 2.75) is 0 Å². The Hall–Kier alpha value is -4.36. The van der Waals surface area contributed by atoms with Crippen LogP contribution in [0.5, 0.6) is 0 Å². The third-order valence-corrected chi connectivity index (χ3v) is 5.31. The van der Waals surface area contributed by atoms with Gasteiger partial charge < -0.3 is 4.42 Å². The molecule has 1 aromatic heterocycles. The third-order valence-electron chi connectivity index (χ3n) is 5.31. The smallest absolute Gasteiger partial charge is 0.143 e. The minimum atomic E-state index is -0.869. The highest BCUT2D eigenvalue weighted by Crippen LogP contribution is 2.46. The first kappa shape index (κ1) is 7.33. The summed E-state index contributed by atoms with van der Waals surface area (Å²) in [6.45, 7) is 0. The number of benzene rings is 6. The number of hydrogen-bond acceptors (Lipinski definition) is 1. The molecule has 0 saturated carbocycles. The number of hydrogen-bond donors (Lipinski definition) is 0. The van der Waals surface area contributed by atoms with Gasteiger partial charge in [0.1, 0.15) is 11.2 Å². The van der Waals surface area contributed by atoms with Crippen molar-refractivity contribution < 1.29 is 31.8 Å². The number of para-hydroxylation sites is 2. The van der Waals surface area contributed by atoms with Crippen LogP contribution in [0.15, 0.2) is 125 Å². The molecular weight excluding hydrogens is 400 g/mol. The van der Waals surface area contributed by atoms with Gasteiger partial charge in [0.05, 0.1) is 27.4 Å². The van der Waals surface area contributed by atoms with Crippen molar-refractivity contribution in [3.8, 4) is 22.3 Å². The Morgan fingerprint density at radius 1 is 0.424 bits per heavy atom. The zero-order valence-electron chi connectivity index (χ0n) is 36.4. The summed E-state index contributed by atoms with van der Waals surface area (Å²) >= 11 is 0. The van der Waals surface area contributed by atoms with Crippen LogP contribution >= 0.6 is 0 Å². The quantitative estimate of drug-likeness (QED) is 0.244. The first-order valence-electron chi connectivity index (χ1n) is 19.7. The molecule has 0 aliphatic heterocycles. The van der Waals surface area contributed by atoms with E-state index in [0.29, 0.717) is 0 Å². The van der Waals surface area contributed by atoms with Crippen molar-refractivity contribution in [1.29, 1.82) is 0 Å². The highest BCUT2D eigenvalue weighted by Gasteiger charge is 2.19. The SMILES string of the molecule is [2H]c1c([2H])c([2H])c(-c2c3c([2H])c([2H])c([2H])c([2H])c3c(-c3c([2H])c([2H])c([2H])c4c3oc3c([2H])c([2H])c([2H])c([2H])c34)c3c([2H])c([2H])c([2H])c([2H])c23)c([2H])c1[2H]. The second-order valence-electron chi connectivity index (χ2n) is 7.01. The highest BCUT2D eigenvalue weighted by molar-refractivity contribution is 6.24. The van der Waals surface area contributed by atoms with Gasteiger partial charge in [-0.05, 0) is 38.7 Å². The molecule has 0 N–H and O–H groups in total. The Morgan fingerprint density at radius 2 is 0.939 bits per heavy atom. The Kier molecular flexibility index (Phi) is 1.57. The van der Waals surface area contributed by atoms with E-state index in [0.717, 1.165) is 0 Å². The fourth-order valence-electron chi connectivity index (χ4n) is 4.00. The van der Waals surface area contributed by atoms with E-state index in [1.54, 1.807) is 0 Å². The van der Waals surface area contributed by atoms with Crippen molar-refractivity contribution in [1.82, 2.24) is 0 Å². The van der Waals surface area contributed by atoms with Crippen molar-refractivity contribution in [3.63, 3.8) is 0 Å². The van der Waals surface area contributed by atoms with Gasteiger partial charge in [-0.1, -0.05) is 115 Å². The lowest BCUT2D eigenvalue weighted by Crippen LogP contribution is -1.90. The largest absolute Gasteiger partial charge is 0.455 e. The maximum Gasteiger partial charge on any atom is 0.143 e. The van der Waals surface area contributed by atoms with Crippen LogP contribution in [0, 0.1) is 0 Å². The molecule has 1 nitrogen and oxygen atoms in total. The Morgan fingerprint density at radius 3 is 1.61 bits per heavy atom. The molecule has 6 aromatic carbocycles. The van der Waals surface area contributed by atoms with E-state index in [-0.39, 0.29) is 10.8 Å². The second-order valence-corrected chi connectivity index (χ2v) is 7.01. The van der Waals surface area contributed by atoms with Crippen molar-refractivity contribution in [2.24, 2.45) is 0 Å². The fraction of sp³-hybridized carbons (Fsp3) is 0. The van der Waals surface area contributed by atoms with E-state index >= 15 is 0 Å². The van der Waals surface area contributed by atoms with Crippen LogP contribution in [0.1, 0.15) is 27.4 Å². The number of rotatable bonds is 2. The molecule has 1 heteroatoms. The lowest BCUT2D eigenvalue weighted by atomic mass is 9.85. The molecule has 7 aromatic rings. The van der Waals surface area contributed by atoms with Crippen LogP contribution in [-0.4, -0.2) is 0 Å². The first-order valence-corrected chi connectivity index (χ1v) is 9.66. The molecule has 7 rings (SSSR count). The lowest BCUT2D eigenvalue weighted by Gasteiger charge is -2.17. The predicted octanol–water partition coefficient (Wildman–Crippen LogP) is 9.23. The van der Waals surface area contributed by atoms with Gasteiger partial charge in [-0.25, -0.2) is 0 Å². The fourth-order valence-corrected chi connectivity index (χ4v) is 4.00. The molecule has 0 atom stereocenters. The zero-order valence-corrected chi connectivity index (χ0v) is 16.4. The molecule has 0 unspecified atom stereocenters. The minimum absolute atomic E-state index is 0.348. The molecule has 154 valence electrons. The van der Waals surface area contributed by atoms with Gasteiger partial charge in [-0.2, -0.15) is 0 Å². The van der Waals surface area contributed by atoms with E-state index in [4.69, 9.17) is 31.8 Å². The van der Waals surface area contributed by atoms with Crippen LogP contribution in [0.25, 0.3) is 65.7 Å². The van der Waals surface area contributed by atoms with Crippen LogP contribution in [0.4, 0.5) is 0 Å². The maximum absolute atomic E-state index is 9.14. The summed E-state index contributed by atoms with van der Waals surface area (Å²) in [6.07, 6.45) is 0. The van der Waals surface area contributed by atoms with E-state index < -0.39 is 176 Å². The van der Waals surface area contributed by atoms with Gasteiger partial charge in [-0.15, -0.1) is 0 Å². The minimum Gasteiger partial charge on any atom is -0.455 e. The summed E-state index contributed by atoms with van der Waals surface area (Å²) in [7, 11) is 0. The summed E-state index contributed by atoms with van der Waals surface area (Å²) in [6, 6.07) is -16.3. The summed E-state index contributed by atoms with van der Waals surface area (Å²) < 4.78 is 179. The van der Waals surface area contributed by atoms with Gasteiger partial charge >= 0.3 is 0 Å². The molecule has 1 heterocycles. The van der Waals surface area contributed by atoms with Crippen LogP contribution < -0.4 is 0 Å². The molecule has 0 aliphatic rings. The third kappa shape index (κ3) is 2.66. The summed E-state index contributed by atoms with van der Waals surface area (Å²) in [5.74, 6) is 0. The topological polar surface area (TPSA) is 13.1 Å². The number of fused-ring (bicyclic) bond motifs is 5. The van der Waals surface area contributed by atoms with Crippen LogP contribution in [0.3, 0.4) is 0 Å². The molecule has 0 aliphatic carbocycles.